The fourth-order valence-corrected chi connectivity index (χ4v) is 4.45. The van der Waals surface area contributed by atoms with Crippen LogP contribution in [0.4, 0.5) is 23.7 Å². The average Bonchev–Trinajstić information content (AvgIpc) is 3.14. The van der Waals surface area contributed by atoms with Crippen LogP contribution >= 0.6 is 0 Å². The second-order valence-electron chi connectivity index (χ2n) is 10.5. The molecule has 3 rings (SSSR count). The molecular formula is C27H37F3N4O4. The Bertz CT molecular complexity index is 1140. The van der Waals surface area contributed by atoms with Crippen LogP contribution in [-0.2, 0) is 16.0 Å². The van der Waals surface area contributed by atoms with Crippen LogP contribution in [0.25, 0.3) is 10.9 Å². The van der Waals surface area contributed by atoms with Crippen molar-refractivity contribution in [2.75, 3.05) is 45.2 Å². The fraction of sp³-hybridized carbons (Fsp3) is 0.593. The number of hydrogen-bond acceptors (Lipinski definition) is 6. The van der Waals surface area contributed by atoms with E-state index in [1.807, 2.05) is 6.07 Å². The number of alkyl carbamates (subject to hydrolysis) is 1. The van der Waals surface area contributed by atoms with Crippen molar-refractivity contribution in [3.63, 3.8) is 0 Å². The number of likely N-dealkylation sites (tertiary alicyclic amines) is 1. The molecule has 1 atom stereocenters. The Morgan fingerprint density at radius 1 is 1.24 bits per heavy atom. The second kappa shape index (κ2) is 12.7. The van der Waals surface area contributed by atoms with Crippen LogP contribution in [0, 0.1) is 11.8 Å². The van der Waals surface area contributed by atoms with Crippen molar-refractivity contribution in [3.05, 3.63) is 30.0 Å². The maximum absolute atomic E-state index is 13.4. The standard InChI is InChI=1S/C27H37F3N4O4/c1-26(2,3)38-25(36)31-12-6-7-20-15-22-23(8-5-9-24(22)34(20)18-27(28,29)30)32-19-10-13-33(14-11-19)16-21(35)17-37-4/h5,8-9,15,19,21,32,35H,10-14,16-18H2,1-4H3,(H,31,36). The maximum Gasteiger partial charge on any atom is 0.408 e. The lowest BCUT2D eigenvalue weighted by Gasteiger charge is -2.34. The molecule has 11 heteroatoms. The van der Waals surface area contributed by atoms with Gasteiger partial charge in [-0.15, -0.1) is 0 Å². The molecule has 0 bridgehead atoms. The van der Waals surface area contributed by atoms with E-state index in [0.717, 1.165) is 36.2 Å². The number of piperidine rings is 1. The molecule has 38 heavy (non-hydrogen) atoms. The van der Waals surface area contributed by atoms with Crippen LogP contribution in [0.3, 0.4) is 0 Å². The number of carbonyl (C=O) groups is 1. The van der Waals surface area contributed by atoms with E-state index < -0.39 is 30.5 Å². The summed E-state index contributed by atoms with van der Waals surface area (Å²) in [5.41, 5.74) is 0.717. The fourth-order valence-electron chi connectivity index (χ4n) is 4.45. The molecule has 0 aliphatic carbocycles. The van der Waals surface area contributed by atoms with Crippen LogP contribution in [0.5, 0.6) is 0 Å². The summed E-state index contributed by atoms with van der Waals surface area (Å²) in [6.45, 7) is 6.38. The minimum absolute atomic E-state index is 0.0643. The van der Waals surface area contributed by atoms with Gasteiger partial charge < -0.3 is 34.7 Å². The van der Waals surface area contributed by atoms with Gasteiger partial charge in [0, 0.05) is 43.9 Å². The number of fused-ring (bicyclic) bond motifs is 1. The third-order valence-electron chi connectivity index (χ3n) is 5.99. The number of halogens is 3. The number of nitrogens with one attached hydrogen (secondary N) is 2. The Morgan fingerprint density at radius 2 is 1.95 bits per heavy atom. The highest BCUT2D eigenvalue weighted by Crippen LogP contribution is 2.31. The number of nitrogens with zero attached hydrogens (tertiary/aromatic N) is 2. The minimum Gasteiger partial charge on any atom is -0.444 e. The highest BCUT2D eigenvalue weighted by molar-refractivity contribution is 5.94. The monoisotopic (exact) mass is 538 g/mol. The topological polar surface area (TPSA) is 88.0 Å². The number of hydrogen-bond donors (Lipinski definition) is 3. The number of methoxy groups -OCH3 is 1. The summed E-state index contributed by atoms with van der Waals surface area (Å²) in [6, 6.07) is 7.04. The summed E-state index contributed by atoms with van der Waals surface area (Å²) in [4.78, 5) is 14.0. The molecule has 1 aromatic heterocycles. The van der Waals surface area contributed by atoms with E-state index in [-0.39, 0.29) is 24.9 Å². The van der Waals surface area contributed by atoms with Crippen molar-refractivity contribution in [1.29, 1.82) is 0 Å². The molecule has 1 aromatic carbocycles. The number of anilines is 1. The van der Waals surface area contributed by atoms with Crippen molar-refractivity contribution >= 4 is 22.7 Å². The molecule has 3 N–H and O–H groups in total. The predicted molar refractivity (Wildman–Crippen MR) is 140 cm³/mol. The molecule has 0 radical (unpaired) electrons. The van der Waals surface area contributed by atoms with E-state index in [4.69, 9.17) is 9.47 Å². The van der Waals surface area contributed by atoms with Gasteiger partial charge in [0.1, 0.15) is 12.1 Å². The largest absolute Gasteiger partial charge is 0.444 e. The molecule has 1 saturated heterocycles. The van der Waals surface area contributed by atoms with Gasteiger partial charge in [0.15, 0.2) is 0 Å². The first-order chi connectivity index (χ1) is 17.8. The van der Waals surface area contributed by atoms with Crippen LogP contribution in [0.15, 0.2) is 24.3 Å². The number of ether oxygens (including phenoxy) is 2. The smallest absolute Gasteiger partial charge is 0.408 e. The van der Waals surface area contributed by atoms with Crippen molar-refractivity contribution in [3.8, 4) is 11.8 Å². The van der Waals surface area contributed by atoms with Gasteiger partial charge in [-0.25, -0.2) is 4.79 Å². The number of aliphatic hydroxyl groups is 1. The van der Waals surface area contributed by atoms with Crippen LogP contribution in [0.1, 0.15) is 39.3 Å². The van der Waals surface area contributed by atoms with Gasteiger partial charge >= 0.3 is 12.3 Å². The van der Waals surface area contributed by atoms with Gasteiger partial charge in [0.05, 0.1) is 30.5 Å². The van der Waals surface area contributed by atoms with Crippen LogP contribution in [-0.4, -0.2) is 84.5 Å². The molecule has 1 aliphatic heterocycles. The number of amides is 1. The van der Waals surface area contributed by atoms with Crippen LogP contribution in [0.2, 0.25) is 0 Å². The van der Waals surface area contributed by atoms with Crippen LogP contribution < -0.4 is 10.6 Å². The minimum atomic E-state index is -4.43. The zero-order chi connectivity index (χ0) is 27.9. The number of rotatable bonds is 8. The van der Waals surface area contributed by atoms with Crippen molar-refractivity contribution in [1.82, 2.24) is 14.8 Å². The summed E-state index contributed by atoms with van der Waals surface area (Å²) >= 11 is 0. The summed E-state index contributed by atoms with van der Waals surface area (Å²) in [7, 11) is 1.56. The highest BCUT2D eigenvalue weighted by atomic mass is 19.4. The lowest BCUT2D eigenvalue weighted by Crippen LogP contribution is -2.43. The Balaban J connectivity index is 1.74. The van der Waals surface area contributed by atoms with Gasteiger partial charge in [-0.05, 0) is 57.7 Å². The van der Waals surface area contributed by atoms with E-state index >= 15 is 0 Å². The van der Waals surface area contributed by atoms with E-state index in [1.54, 1.807) is 46.1 Å². The molecule has 0 spiro atoms. The van der Waals surface area contributed by atoms with Gasteiger partial charge in [-0.3, -0.25) is 0 Å². The van der Waals surface area contributed by atoms with Crippen molar-refractivity contribution in [2.24, 2.45) is 0 Å². The summed E-state index contributed by atoms with van der Waals surface area (Å²) in [6.07, 6.45) is -3.94. The third-order valence-corrected chi connectivity index (χ3v) is 5.99. The normalized spacial score (nSPS) is 16.1. The number of benzene rings is 1. The number of aliphatic hydroxyl groups excluding tert-OH is 1. The summed E-state index contributed by atoms with van der Waals surface area (Å²) in [5.74, 6) is 5.51. The van der Waals surface area contributed by atoms with Gasteiger partial charge in [-0.1, -0.05) is 12.0 Å². The van der Waals surface area contributed by atoms with E-state index in [9.17, 15) is 23.1 Å². The third kappa shape index (κ3) is 9.11. The molecule has 8 nitrogen and oxygen atoms in total. The lowest BCUT2D eigenvalue weighted by molar-refractivity contribution is -0.140. The van der Waals surface area contributed by atoms with Crippen molar-refractivity contribution < 1.29 is 32.5 Å². The zero-order valence-corrected chi connectivity index (χ0v) is 22.3. The van der Waals surface area contributed by atoms with E-state index in [1.165, 1.54) is 0 Å². The lowest BCUT2D eigenvalue weighted by atomic mass is 10.0. The summed E-state index contributed by atoms with van der Waals surface area (Å²) in [5, 5.41) is 16.6. The highest BCUT2D eigenvalue weighted by Gasteiger charge is 2.30. The molecule has 1 aliphatic rings. The molecule has 1 amide bonds. The molecule has 1 unspecified atom stereocenters. The molecule has 210 valence electrons. The van der Waals surface area contributed by atoms with E-state index in [2.05, 4.69) is 27.4 Å². The quantitative estimate of drug-likeness (QED) is 0.441. The maximum atomic E-state index is 13.4. The SMILES string of the molecule is COCC(O)CN1CCC(Nc2cccc3c2cc(C#CCNC(=O)OC(C)(C)C)n3CC(F)(F)F)CC1. The molecule has 0 saturated carbocycles. The Hall–Kier alpha value is -2.94. The van der Waals surface area contributed by atoms with Gasteiger partial charge in [-0.2, -0.15) is 13.2 Å². The number of aromatic nitrogens is 1. The number of β-amino-alcohol motifs (C(OH)–C–C–N with tert-alkyl or cyclic N) is 1. The van der Waals surface area contributed by atoms with Crippen molar-refractivity contribution in [2.45, 2.75) is 64.1 Å². The second-order valence-corrected chi connectivity index (χ2v) is 10.5. The zero-order valence-electron chi connectivity index (χ0n) is 22.3. The molecule has 2 aromatic rings. The Labute approximate surface area is 221 Å². The van der Waals surface area contributed by atoms with Gasteiger partial charge in [0.25, 0.3) is 0 Å². The summed E-state index contributed by atoms with van der Waals surface area (Å²) < 4.78 is 51.6. The number of carbonyl (C=O) groups excluding carboxylic acids is 1. The van der Waals surface area contributed by atoms with Gasteiger partial charge in [0.2, 0.25) is 0 Å². The average molecular weight is 539 g/mol. The molecular weight excluding hydrogens is 501 g/mol. The first-order valence-electron chi connectivity index (χ1n) is 12.7. The first kappa shape index (κ1) is 29.6. The van der Waals surface area contributed by atoms with E-state index in [0.29, 0.717) is 17.4 Å². The first-order valence-corrected chi connectivity index (χ1v) is 12.7. The molecule has 2 heterocycles. The number of alkyl halides is 3. The predicted octanol–water partition coefficient (Wildman–Crippen LogP) is 3.96. The molecule has 1 fully saturated rings. The Kier molecular flexibility index (Phi) is 9.93. The Morgan fingerprint density at radius 3 is 2.58 bits per heavy atom.